The van der Waals surface area contributed by atoms with Crippen LogP contribution in [0.3, 0.4) is 0 Å². The Labute approximate surface area is 250 Å². The van der Waals surface area contributed by atoms with Gasteiger partial charge in [-0.2, -0.15) is 0 Å². The quantitative estimate of drug-likeness (QED) is 0.271. The molecule has 1 fully saturated rings. The molecule has 0 aromatic heterocycles. The maximum Gasteiger partial charge on any atom is 0.328 e. The fraction of sp³-hybridized carbons (Fsp3) is 0.364. The van der Waals surface area contributed by atoms with E-state index in [2.05, 4.69) is 21.2 Å². The monoisotopic (exact) mass is 620 g/mol. The van der Waals surface area contributed by atoms with Gasteiger partial charge in [0.15, 0.2) is 0 Å². The number of rotatable bonds is 12. The highest BCUT2D eigenvalue weighted by Gasteiger charge is 2.27. The lowest BCUT2D eigenvalue weighted by molar-refractivity contribution is -0.145. The van der Waals surface area contributed by atoms with Crippen LogP contribution in [0.1, 0.15) is 42.4 Å². The van der Waals surface area contributed by atoms with Crippen molar-refractivity contribution in [1.82, 2.24) is 10.2 Å². The molecule has 4 rings (SSSR count). The Balaban J connectivity index is 1.20. The second-order valence-electron chi connectivity index (χ2n) is 10.4. The molecule has 3 aromatic carbocycles. The summed E-state index contributed by atoms with van der Waals surface area (Å²) in [6, 6.07) is 24.7. The Morgan fingerprint density at radius 2 is 1.56 bits per heavy atom. The van der Waals surface area contributed by atoms with E-state index in [1.54, 1.807) is 0 Å². The highest BCUT2D eigenvalue weighted by molar-refractivity contribution is 9.10. The van der Waals surface area contributed by atoms with Gasteiger partial charge in [-0.3, -0.25) is 9.59 Å². The number of benzene rings is 3. The number of nitrogens with one attached hydrogen (secondary N) is 1. The summed E-state index contributed by atoms with van der Waals surface area (Å²) in [5.41, 5.74) is 3.11. The number of likely N-dealkylation sites (tertiary alicyclic amines) is 1. The van der Waals surface area contributed by atoms with Gasteiger partial charge in [0, 0.05) is 36.8 Å². The average Bonchev–Trinajstić information content (AvgIpc) is 3.00. The highest BCUT2D eigenvalue weighted by Crippen LogP contribution is 2.22. The van der Waals surface area contributed by atoms with E-state index in [9.17, 15) is 14.4 Å². The van der Waals surface area contributed by atoms with E-state index in [4.69, 9.17) is 9.47 Å². The van der Waals surface area contributed by atoms with Gasteiger partial charge in [0.25, 0.3) is 0 Å². The largest absolute Gasteiger partial charge is 0.489 e. The zero-order valence-electron chi connectivity index (χ0n) is 23.4. The molecule has 1 aliphatic rings. The van der Waals surface area contributed by atoms with E-state index in [0.717, 1.165) is 39.8 Å². The van der Waals surface area contributed by atoms with Crippen LogP contribution in [0.15, 0.2) is 83.3 Å². The zero-order valence-corrected chi connectivity index (χ0v) is 25.0. The van der Waals surface area contributed by atoms with Gasteiger partial charge in [-0.1, -0.05) is 70.5 Å². The van der Waals surface area contributed by atoms with Gasteiger partial charge in [0.1, 0.15) is 18.4 Å². The molecule has 1 N–H and O–H groups in total. The van der Waals surface area contributed by atoms with Crippen LogP contribution >= 0.6 is 15.9 Å². The molecule has 1 aliphatic heterocycles. The van der Waals surface area contributed by atoms with Crippen molar-refractivity contribution >= 4 is 33.7 Å². The number of esters is 1. The van der Waals surface area contributed by atoms with Crippen molar-refractivity contribution < 1.29 is 23.9 Å². The molecule has 1 heterocycles. The summed E-state index contributed by atoms with van der Waals surface area (Å²) in [5.74, 6) is 0.398. The van der Waals surface area contributed by atoms with E-state index < -0.39 is 12.0 Å². The first-order chi connectivity index (χ1) is 19.9. The molecule has 0 saturated carbocycles. The van der Waals surface area contributed by atoms with Crippen LogP contribution in [-0.2, 0) is 38.6 Å². The molecule has 2 amide bonds. The van der Waals surface area contributed by atoms with Crippen LogP contribution in [0.4, 0.5) is 0 Å². The van der Waals surface area contributed by atoms with Gasteiger partial charge in [-0.25, -0.2) is 4.79 Å². The van der Waals surface area contributed by atoms with Crippen LogP contribution in [0.5, 0.6) is 5.75 Å². The van der Waals surface area contributed by atoms with E-state index in [0.29, 0.717) is 45.4 Å². The topological polar surface area (TPSA) is 84.9 Å². The molecule has 1 saturated heterocycles. The second kappa shape index (κ2) is 15.4. The maximum absolute atomic E-state index is 12.9. The number of aryl methyl sites for hydroxylation is 1. The van der Waals surface area contributed by atoms with Crippen molar-refractivity contribution in [3.8, 4) is 5.75 Å². The molecule has 41 heavy (non-hydrogen) atoms. The van der Waals surface area contributed by atoms with Crippen LogP contribution in [0, 0.1) is 5.92 Å². The van der Waals surface area contributed by atoms with Crippen LogP contribution < -0.4 is 10.1 Å². The first-order valence-electron chi connectivity index (χ1n) is 14.0. The van der Waals surface area contributed by atoms with Crippen molar-refractivity contribution in [2.24, 2.45) is 5.92 Å². The molecule has 216 valence electrons. The number of methoxy groups -OCH3 is 1. The van der Waals surface area contributed by atoms with Crippen molar-refractivity contribution in [3.05, 3.63) is 100 Å². The number of carbonyl (C=O) groups is 3. The third-order valence-electron chi connectivity index (χ3n) is 7.41. The van der Waals surface area contributed by atoms with E-state index in [1.165, 1.54) is 7.11 Å². The molecule has 3 aromatic rings. The Morgan fingerprint density at radius 3 is 2.22 bits per heavy atom. The molecule has 8 heteroatoms. The Morgan fingerprint density at radius 1 is 0.902 bits per heavy atom. The minimum atomic E-state index is -0.774. The third kappa shape index (κ3) is 9.74. The Kier molecular flexibility index (Phi) is 11.4. The maximum atomic E-state index is 12.9. The molecular formula is C33H37BrN2O5. The van der Waals surface area contributed by atoms with E-state index in [-0.39, 0.29) is 17.7 Å². The van der Waals surface area contributed by atoms with Crippen LogP contribution in [0.2, 0.25) is 0 Å². The summed E-state index contributed by atoms with van der Waals surface area (Å²) < 4.78 is 11.8. The second-order valence-corrected chi connectivity index (χ2v) is 11.3. The Hall–Kier alpha value is -3.65. The van der Waals surface area contributed by atoms with Gasteiger partial charge < -0.3 is 19.7 Å². The van der Waals surface area contributed by atoms with E-state index >= 15 is 0 Å². The molecule has 7 nitrogen and oxygen atoms in total. The van der Waals surface area contributed by atoms with Gasteiger partial charge in [-0.05, 0) is 66.1 Å². The summed E-state index contributed by atoms with van der Waals surface area (Å²) in [6.07, 6.45) is 3.37. The SMILES string of the molecule is COC(=O)[C@H](Cc1ccc(OCc2ccccc2)cc1)NC(=O)CC1CCN(C(=O)CCc2ccc(Br)cc2)CC1. The number of nitrogens with zero attached hydrogens (tertiary/aromatic N) is 1. The van der Waals surface area contributed by atoms with E-state index in [1.807, 2.05) is 83.8 Å². The first-order valence-corrected chi connectivity index (χ1v) is 14.8. The summed E-state index contributed by atoms with van der Waals surface area (Å²) >= 11 is 3.43. The van der Waals surface area contributed by atoms with Crippen molar-refractivity contribution in [2.75, 3.05) is 20.2 Å². The predicted octanol–water partition coefficient (Wildman–Crippen LogP) is 5.49. The minimum absolute atomic E-state index is 0.151. The summed E-state index contributed by atoms with van der Waals surface area (Å²) in [4.78, 5) is 39.9. The molecule has 0 aliphatic carbocycles. The normalized spacial score (nSPS) is 14.2. The van der Waals surface area contributed by atoms with Crippen LogP contribution in [0.25, 0.3) is 0 Å². The fourth-order valence-electron chi connectivity index (χ4n) is 5.00. The molecular weight excluding hydrogens is 584 g/mol. The fourth-order valence-corrected chi connectivity index (χ4v) is 5.26. The molecule has 0 unspecified atom stereocenters. The lowest BCUT2D eigenvalue weighted by atomic mass is 9.92. The lowest BCUT2D eigenvalue weighted by Gasteiger charge is -2.32. The van der Waals surface area contributed by atoms with Crippen molar-refractivity contribution in [2.45, 2.75) is 51.2 Å². The summed E-state index contributed by atoms with van der Waals surface area (Å²) in [5, 5.41) is 2.87. The standard InChI is InChI=1S/C33H37BrN2O5/c1-40-33(39)30(21-25-9-14-29(15-10-25)41-23-27-5-3-2-4-6-27)35-31(37)22-26-17-19-36(20-18-26)32(38)16-11-24-7-12-28(34)13-8-24/h2-10,12-15,26,30H,11,16-23H2,1H3,(H,35,37)/t30-/m0/s1. The molecule has 0 bridgehead atoms. The van der Waals surface area contributed by atoms with Crippen molar-refractivity contribution in [1.29, 1.82) is 0 Å². The van der Waals surface area contributed by atoms with Gasteiger partial charge in [0.05, 0.1) is 7.11 Å². The average molecular weight is 622 g/mol. The number of ether oxygens (including phenoxy) is 2. The summed E-state index contributed by atoms with van der Waals surface area (Å²) in [7, 11) is 1.32. The number of hydrogen-bond donors (Lipinski definition) is 1. The van der Waals surface area contributed by atoms with Gasteiger partial charge >= 0.3 is 5.97 Å². The predicted molar refractivity (Wildman–Crippen MR) is 161 cm³/mol. The number of halogens is 1. The Bertz CT molecular complexity index is 1270. The smallest absolute Gasteiger partial charge is 0.328 e. The lowest BCUT2D eigenvalue weighted by Crippen LogP contribution is -2.44. The minimum Gasteiger partial charge on any atom is -0.489 e. The molecule has 0 spiro atoms. The van der Waals surface area contributed by atoms with Gasteiger partial charge in [-0.15, -0.1) is 0 Å². The van der Waals surface area contributed by atoms with Gasteiger partial charge in [0.2, 0.25) is 11.8 Å². The van der Waals surface area contributed by atoms with Crippen LogP contribution in [-0.4, -0.2) is 48.9 Å². The third-order valence-corrected chi connectivity index (χ3v) is 7.94. The highest BCUT2D eigenvalue weighted by atomic mass is 79.9. The molecule has 1 atom stereocenters. The number of piperidine rings is 1. The number of amides is 2. The number of carbonyl (C=O) groups excluding carboxylic acids is 3. The van der Waals surface area contributed by atoms with Crippen molar-refractivity contribution in [3.63, 3.8) is 0 Å². The first kappa shape index (κ1) is 30.3. The molecule has 0 radical (unpaired) electrons. The zero-order chi connectivity index (χ0) is 29.0. The summed E-state index contributed by atoms with van der Waals surface area (Å²) in [6.45, 7) is 1.77. The number of hydrogen-bond acceptors (Lipinski definition) is 5.